The van der Waals surface area contributed by atoms with E-state index in [9.17, 15) is 4.79 Å². The van der Waals surface area contributed by atoms with Crippen LogP contribution >= 0.6 is 0 Å². The van der Waals surface area contributed by atoms with Crippen molar-refractivity contribution in [2.45, 2.75) is 13.0 Å². The largest absolute Gasteiger partial charge is 0.465 e. The van der Waals surface area contributed by atoms with Crippen LogP contribution in [0.5, 0.6) is 0 Å². The summed E-state index contributed by atoms with van der Waals surface area (Å²) in [7, 11) is 1.40. The van der Waals surface area contributed by atoms with Crippen molar-refractivity contribution in [1.82, 2.24) is 15.3 Å². The molecule has 0 amide bonds. The first-order chi connectivity index (χ1) is 9.81. The fourth-order valence-electron chi connectivity index (χ4n) is 2.51. The lowest BCUT2D eigenvalue weighted by Gasteiger charge is -2.21. The van der Waals surface area contributed by atoms with E-state index in [1.54, 1.807) is 12.4 Å². The lowest BCUT2D eigenvalue weighted by Crippen LogP contribution is -2.26. The number of fused-ring (bicyclic) bond motifs is 1. The van der Waals surface area contributed by atoms with Crippen LogP contribution in [0, 0.1) is 0 Å². The van der Waals surface area contributed by atoms with E-state index >= 15 is 0 Å². The molecule has 3 heterocycles. The lowest BCUT2D eigenvalue weighted by molar-refractivity contribution is 0.0599. The van der Waals surface area contributed by atoms with Gasteiger partial charge in [0, 0.05) is 30.7 Å². The number of methoxy groups -OCH3 is 1. The van der Waals surface area contributed by atoms with Crippen LogP contribution in [0.15, 0.2) is 30.7 Å². The van der Waals surface area contributed by atoms with Crippen molar-refractivity contribution in [2.24, 2.45) is 0 Å². The quantitative estimate of drug-likeness (QED) is 0.838. The second kappa shape index (κ2) is 5.38. The molecular weight excluding hydrogens is 254 g/mol. The second-order valence-electron chi connectivity index (χ2n) is 4.65. The molecule has 0 unspecified atom stereocenters. The number of aromatic nitrogens is 2. The Morgan fingerprint density at radius 3 is 3.05 bits per heavy atom. The van der Waals surface area contributed by atoms with E-state index in [2.05, 4.69) is 15.3 Å². The predicted octanol–water partition coefficient (Wildman–Crippen LogP) is 1.58. The number of hydrogen-bond acceptors (Lipinski definition) is 5. The zero-order valence-corrected chi connectivity index (χ0v) is 11.2. The van der Waals surface area contributed by atoms with Crippen LogP contribution in [-0.2, 0) is 17.7 Å². The molecule has 5 heteroatoms. The van der Waals surface area contributed by atoms with Crippen LogP contribution in [0.2, 0.25) is 0 Å². The average Bonchev–Trinajstić information content (AvgIpc) is 2.54. The highest BCUT2D eigenvalue weighted by Crippen LogP contribution is 2.28. The summed E-state index contributed by atoms with van der Waals surface area (Å²) >= 11 is 0. The monoisotopic (exact) mass is 269 g/mol. The third-order valence-corrected chi connectivity index (χ3v) is 3.47. The van der Waals surface area contributed by atoms with Gasteiger partial charge in [-0.05, 0) is 36.2 Å². The number of pyridine rings is 2. The summed E-state index contributed by atoms with van der Waals surface area (Å²) in [6.07, 6.45) is 6.04. The van der Waals surface area contributed by atoms with Crippen LogP contribution in [-0.4, -0.2) is 29.6 Å². The lowest BCUT2D eigenvalue weighted by atomic mass is 9.94. The molecule has 2 aromatic rings. The fraction of sp³-hybridized carbons (Fsp3) is 0.267. The van der Waals surface area contributed by atoms with E-state index in [4.69, 9.17) is 4.74 Å². The Morgan fingerprint density at radius 1 is 1.40 bits per heavy atom. The summed E-state index contributed by atoms with van der Waals surface area (Å²) in [6.45, 7) is 1.59. The Kier molecular flexibility index (Phi) is 3.43. The van der Waals surface area contributed by atoms with E-state index in [-0.39, 0.29) is 5.97 Å². The summed E-state index contributed by atoms with van der Waals surface area (Å²) < 4.78 is 4.94. The van der Waals surface area contributed by atoms with Crippen molar-refractivity contribution >= 4 is 5.97 Å². The Labute approximate surface area is 117 Å². The van der Waals surface area contributed by atoms with Crippen molar-refractivity contribution in [2.75, 3.05) is 13.7 Å². The molecule has 0 aromatic carbocycles. The molecule has 0 spiro atoms. The average molecular weight is 269 g/mol. The Balaban J connectivity index is 2.22. The fourth-order valence-corrected chi connectivity index (χ4v) is 2.51. The summed E-state index contributed by atoms with van der Waals surface area (Å²) in [5, 5.41) is 3.28. The number of carbonyl (C=O) groups excluding carboxylic acids is 1. The van der Waals surface area contributed by atoms with Crippen LogP contribution in [0.3, 0.4) is 0 Å². The van der Waals surface area contributed by atoms with Gasteiger partial charge in [0.15, 0.2) is 0 Å². The highest BCUT2D eigenvalue weighted by molar-refractivity contribution is 5.98. The first-order valence-corrected chi connectivity index (χ1v) is 6.51. The van der Waals surface area contributed by atoms with Gasteiger partial charge in [-0.3, -0.25) is 9.97 Å². The molecule has 1 N–H and O–H groups in total. The molecule has 20 heavy (non-hydrogen) atoms. The van der Waals surface area contributed by atoms with Gasteiger partial charge < -0.3 is 10.1 Å². The van der Waals surface area contributed by atoms with E-state index in [1.165, 1.54) is 7.11 Å². The van der Waals surface area contributed by atoms with Crippen LogP contribution in [0.4, 0.5) is 0 Å². The second-order valence-corrected chi connectivity index (χ2v) is 4.65. The topological polar surface area (TPSA) is 64.1 Å². The van der Waals surface area contributed by atoms with E-state index in [1.807, 2.05) is 18.3 Å². The number of nitrogens with one attached hydrogen (secondary N) is 1. The molecule has 1 aliphatic rings. The molecule has 3 rings (SSSR count). The molecule has 1 aliphatic heterocycles. The molecule has 0 radical (unpaired) electrons. The maximum atomic E-state index is 12.2. The molecule has 0 atom stereocenters. The van der Waals surface area contributed by atoms with Crippen LogP contribution in [0.1, 0.15) is 21.5 Å². The van der Waals surface area contributed by atoms with Gasteiger partial charge in [-0.25, -0.2) is 4.79 Å². The Hall–Kier alpha value is -2.27. The minimum absolute atomic E-state index is 0.338. The minimum Gasteiger partial charge on any atom is -0.465 e. The number of ether oxygens (including phenoxy) is 1. The van der Waals surface area contributed by atoms with Gasteiger partial charge in [0.2, 0.25) is 0 Å². The Morgan fingerprint density at radius 2 is 2.30 bits per heavy atom. The van der Waals surface area contributed by atoms with Gasteiger partial charge in [0.25, 0.3) is 0 Å². The summed E-state index contributed by atoms with van der Waals surface area (Å²) in [4.78, 5) is 20.7. The summed E-state index contributed by atoms with van der Waals surface area (Å²) in [6, 6.07) is 3.73. The van der Waals surface area contributed by atoms with Gasteiger partial charge in [0.05, 0.1) is 18.4 Å². The van der Waals surface area contributed by atoms with Crippen LogP contribution in [0.25, 0.3) is 11.3 Å². The van der Waals surface area contributed by atoms with Gasteiger partial charge in [-0.2, -0.15) is 0 Å². The predicted molar refractivity (Wildman–Crippen MR) is 74.2 cm³/mol. The van der Waals surface area contributed by atoms with Gasteiger partial charge in [0.1, 0.15) is 0 Å². The molecule has 0 aliphatic carbocycles. The number of esters is 1. The zero-order valence-electron chi connectivity index (χ0n) is 11.2. The number of nitrogens with zero attached hydrogens (tertiary/aromatic N) is 2. The first kappa shape index (κ1) is 12.7. The zero-order chi connectivity index (χ0) is 13.9. The van der Waals surface area contributed by atoms with Crippen molar-refractivity contribution in [3.05, 3.63) is 47.4 Å². The smallest absolute Gasteiger partial charge is 0.340 e. The van der Waals surface area contributed by atoms with Gasteiger partial charge >= 0.3 is 5.97 Å². The number of carbonyl (C=O) groups is 1. The highest BCUT2D eigenvalue weighted by Gasteiger charge is 2.23. The Bertz CT molecular complexity index is 641. The standard InChI is InChI=1S/C15H15N3O2/c1-20-15(19)13-12-4-6-17-8-11(12)9-18-14(13)10-3-2-5-16-7-10/h2-3,5,7,9,17H,4,6,8H2,1H3. The molecule has 102 valence electrons. The number of rotatable bonds is 2. The van der Waals surface area contributed by atoms with Gasteiger partial charge in [-0.1, -0.05) is 0 Å². The van der Waals surface area contributed by atoms with Crippen molar-refractivity contribution in [3.63, 3.8) is 0 Å². The van der Waals surface area contributed by atoms with Crippen molar-refractivity contribution in [3.8, 4) is 11.3 Å². The van der Waals surface area contributed by atoms with Crippen molar-refractivity contribution in [1.29, 1.82) is 0 Å². The molecule has 0 saturated heterocycles. The molecule has 0 fully saturated rings. The summed E-state index contributed by atoms with van der Waals surface area (Å²) in [5.74, 6) is -0.338. The minimum atomic E-state index is -0.338. The van der Waals surface area contributed by atoms with Crippen molar-refractivity contribution < 1.29 is 9.53 Å². The SMILES string of the molecule is COC(=O)c1c(-c2cccnc2)ncc2c1CCNC2. The molecule has 0 saturated carbocycles. The van der Waals surface area contributed by atoms with Crippen LogP contribution < -0.4 is 5.32 Å². The third-order valence-electron chi connectivity index (χ3n) is 3.47. The van der Waals surface area contributed by atoms with E-state index in [0.29, 0.717) is 11.3 Å². The number of hydrogen-bond donors (Lipinski definition) is 1. The maximum Gasteiger partial charge on any atom is 0.340 e. The van der Waals surface area contributed by atoms with Gasteiger partial charge in [-0.15, -0.1) is 0 Å². The normalized spacial score (nSPS) is 13.7. The van der Waals surface area contributed by atoms with E-state index < -0.39 is 0 Å². The highest BCUT2D eigenvalue weighted by atomic mass is 16.5. The third kappa shape index (κ3) is 2.16. The molecule has 0 bridgehead atoms. The molecule has 2 aromatic heterocycles. The van der Waals surface area contributed by atoms with E-state index in [0.717, 1.165) is 36.2 Å². The summed E-state index contributed by atoms with van der Waals surface area (Å²) in [5.41, 5.74) is 4.13. The molecule has 5 nitrogen and oxygen atoms in total. The first-order valence-electron chi connectivity index (χ1n) is 6.51. The maximum absolute atomic E-state index is 12.2. The molecular formula is C15H15N3O2.